The van der Waals surface area contributed by atoms with Gasteiger partial charge in [0.25, 0.3) is 0 Å². The van der Waals surface area contributed by atoms with Crippen molar-refractivity contribution in [3.63, 3.8) is 0 Å². The molecular weight excluding hydrogens is 198 g/mol. The smallest absolute Gasteiger partial charge is 0.411 e. The molecule has 15 heavy (non-hydrogen) atoms. The molecule has 0 spiro atoms. The highest BCUT2D eigenvalue weighted by molar-refractivity contribution is 5.85. The third-order valence-electron chi connectivity index (χ3n) is 1.76. The first-order valence-corrected chi connectivity index (χ1v) is 4.16. The summed E-state index contributed by atoms with van der Waals surface area (Å²) in [6, 6.07) is 4.96. The standard InChI is InChI=1S/C10H12NO4/c1-13-8-5-4-7(6-9(8)14-2)11-10(12)15-3/h4-6H,3H2,1-2H3,(H,11,12). The Balaban J connectivity index is 2.88. The van der Waals surface area contributed by atoms with Gasteiger partial charge in [0.1, 0.15) is 7.11 Å². The molecule has 81 valence electrons. The quantitative estimate of drug-likeness (QED) is 0.829. The minimum absolute atomic E-state index is 0.527. The number of benzene rings is 1. The van der Waals surface area contributed by atoms with Crippen molar-refractivity contribution in [2.45, 2.75) is 0 Å². The molecular formula is C10H12NO4. The zero-order valence-electron chi connectivity index (χ0n) is 8.57. The van der Waals surface area contributed by atoms with E-state index in [0.29, 0.717) is 17.2 Å². The number of hydrogen-bond donors (Lipinski definition) is 1. The molecule has 1 rings (SSSR count). The summed E-state index contributed by atoms with van der Waals surface area (Å²) in [5.74, 6) is 1.12. The van der Waals surface area contributed by atoms with Crippen molar-refractivity contribution in [1.29, 1.82) is 0 Å². The van der Waals surface area contributed by atoms with Gasteiger partial charge in [-0.25, -0.2) is 4.79 Å². The van der Waals surface area contributed by atoms with Crippen LogP contribution >= 0.6 is 0 Å². The highest BCUT2D eigenvalue weighted by Gasteiger charge is 2.06. The van der Waals surface area contributed by atoms with E-state index in [1.807, 2.05) is 0 Å². The first kappa shape index (κ1) is 11.2. The molecule has 5 nitrogen and oxygen atoms in total. The van der Waals surface area contributed by atoms with Crippen molar-refractivity contribution < 1.29 is 19.0 Å². The van der Waals surface area contributed by atoms with E-state index in [1.54, 1.807) is 18.2 Å². The van der Waals surface area contributed by atoms with E-state index < -0.39 is 6.09 Å². The number of methoxy groups -OCH3 is 2. The van der Waals surface area contributed by atoms with Gasteiger partial charge in [-0.15, -0.1) is 0 Å². The second-order valence-corrected chi connectivity index (χ2v) is 2.63. The van der Waals surface area contributed by atoms with E-state index in [1.165, 1.54) is 14.2 Å². The fraction of sp³-hybridized carbons (Fsp3) is 0.200. The zero-order valence-corrected chi connectivity index (χ0v) is 8.57. The third kappa shape index (κ3) is 2.77. The van der Waals surface area contributed by atoms with Crippen LogP contribution < -0.4 is 14.8 Å². The lowest BCUT2D eigenvalue weighted by molar-refractivity contribution is 0.199. The molecule has 0 heterocycles. The molecule has 0 saturated carbocycles. The average molecular weight is 210 g/mol. The fourth-order valence-electron chi connectivity index (χ4n) is 1.07. The molecule has 0 atom stereocenters. The number of carbonyl (C=O) groups is 1. The molecule has 0 aliphatic carbocycles. The van der Waals surface area contributed by atoms with Gasteiger partial charge in [0.05, 0.1) is 14.2 Å². The van der Waals surface area contributed by atoms with Crippen LogP contribution in [0.1, 0.15) is 0 Å². The van der Waals surface area contributed by atoms with Crippen molar-refractivity contribution in [3.05, 3.63) is 25.3 Å². The van der Waals surface area contributed by atoms with Crippen LogP contribution in [0.4, 0.5) is 10.5 Å². The van der Waals surface area contributed by atoms with Gasteiger partial charge in [-0.1, -0.05) is 0 Å². The summed E-state index contributed by atoms with van der Waals surface area (Å²) < 4.78 is 14.3. The van der Waals surface area contributed by atoms with Crippen LogP contribution in [0.5, 0.6) is 11.5 Å². The molecule has 1 N–H and O–H groups in total. The maximum absolute atomic E-state index is 10.9. The van der Waals surface area contributed by atoms with Crippen molar-refractivity contribution in [2.24, 2.45) is 0 Å². The van der Waals surface area contributed by atoms with Crippen molar-refractivity contribution in [3.8, 4) is 11.5 Å². The second-order valence-electron chi connectivity index (χ2n) is 2.63. The summed E-state index contributed by atoms with van der Waals surface area (Å²) in [6.45, 7) is 0. The zero-order chi connectivity index (χ0) is 11.3. The first-order chi connectivity index (χ1) is 7.21. The SMILES string of the molecule is [CH2]OC(=O)Nc1ccc(OC)c(OC)c1. The molecule has 1 amide bonds. The molecule has 0 fully saturated rings. The Bertz CT molecular complexity index is 351. The van der Waals surface area contributed by atoms with Gasteiger partial charge in [-0.05, 0) is 12.1 Å². The van der Waals surface area contributed by atoms with Crippen LogP contribution in [0.3, 0.4) is 0 Å². The summed E-state index contributed by atoms with van der Waals surface area (Å²) in [4.78, 5) is 10.9. The molecule has 5 heteroatoms. The second kappa shape index (κ2) is 5.09. The average Bonchev–Trinajstić information content (AvgIpc) is 2.28. The number of ether oxygens (including phenoxy) is 3. The van der Waals surface area contributed by atoms with Crippen molar-refractivity contribution >= 4 is 11.8 Å². The maximum Gasteiger partial charge on any atom is 0.411 e. The summed E-state index contributed by atoms with van der Waals surface area (Å²) >= 11 is 0. The Labute approximate surface area is 87.9 Å². The summed E-state index contributed by atoms with van der Waals surface area (Å²) in [7, 11) is 6.04. The highest BCUT2D eigenvalue weighted by atomic mass is 16.5. The number of hydrogen-bond acceptors (Lipinski definition) is 4. The van der Waals surface area contributed by atoms with Gasteiger partial charge in [-0.3, -0.25) is 5.32 Å². The van der Waals surface area contributed by atoms with Crippen LogP contribution in [-0.2, 0) is 4.74 Å². The topological polar surface area (TPSA) is 56.8 Å². The molecule has 0 bridgehead atoms. The molecule has 0 saturated heterocycles. The number of carbonyl (C=O) groups excluding carboxylic acids is 1. The number of nitrogens with one attached hydrogen (secondary N) is 1. The van der Waals surface area contributed by atoms with Crippen LogP contribution in [0.2, 0.25) is 0 Å². The maximum atomic E-state index is 10.9. The first-order valence-electron chi connectivity index (χ1n) is 4.16. The Morgan fingerprint density at radius 3 is 2.47 bits per heavy atom. The van der Waals surface area contributed by atoms with Gasteiger partial charge in [0, 0.05) is 11.8 Å². The van der Waals surface area contributed by atoms with Crippen LogP contribution in [0.25, 0.3) is 0 Å². The van der Waals surface area contributed by atoms with Gasteiger partial charge in [-0.2, -0.15) is 0 Å². The van der Waals surface area contributed by atoms with Gasteiger partial charge in [0.15, 0.2) is 11.5 Å². The van der Waals surface area contributed by atoms with Gasteiger partial charge >= 0.3 is 6.09 Å². The third-order valence-corrected chi connectivity index (χ3v) is 1.76. The molecule has 0 unspecified atom stereocenters. The summed E-state index contributed by atoms with van der Waals surface area (Å²) in [5.41, 5.74) is 0.543. The predicted octanol–water partition coefficient (Wildman–Crippen LogP) is 2.04. The Kier molecular flexibility index (Phi) is 3.79. The molecule has 1 radical (unpaired) electrons. The lowest BCUT2D eigenvalue weighted by atomic mass is 10.3. The lowest BCUT2D eigenvalue weighted by Crippen LogP contribution is -2.09. The van der Waals surface area contributed by atoms with Crippen LogP contribution in [0, 0.1) is 7.11 Å². The Morgan fingerprint density at radius 1 is 1.27 bits per heavy atom. The summed E-state index contributed by atoms with van der Waals surface area (Å²) in [5, 5.41) is 2.46. The number of rotatable bonds is 3. The Hall–Kier alpha value is -1.91. The molecule has 0 aliphatic rings. The van der Waals surface area contributed by atoms with E-state index in [4.69, 9.17) is 9.47 Å². The van der Waals surface area contributed by atoms with Crippen LogP contribution in [-0.4, -0.2) is 20.3 Å². The largest absolute Gasteiger partial charge is 0.493 e. The van der Waals surface area contributed by atoms with Crippen molar-refractivity contribution in [2.75, 3.05) is 19.5 Å². The van der Waals surface area contributed by atoms with E-state index in [0.717, 1.165) is 0 Å². The van der Waals surface area contributed by atoms with Gasteiger partial charge in [0.2, 0.25) is 0 Å². The molecule has 0 aromatic heterocycles. The molecule has 1 aromatic carbocycles. The number of amides is 1. The van der Waals surface area contributed by atoms with Crippen molar-refractivity contribution in [1.82, 2.24) is 0 Å². The molecule has 0 aliphatic heterocycles. The van der Waals surface area contributed by atoms with E-state index in [2.05, 4.69) is 17.2 Å². The fourth-order valence-corrected chi connectivity index (χ4v) is 1.07. The normalized spacial score (nSPS) is 9.27. The van der Waals surface area contributed by atoms with E-state index in [-0.39, 0.29) is 0 Å². The summed E-state index contributed by atoms with van der Waals surface area (Å²) in [6.07, 6.45) is -0.637. The number of anilines is 1. The Morgan fingerprint density at radius 2 is 1.93 bits per heavy atom. The monoisotopic (exact) mass is 210 g/mol. The van der Waals surface area contributed by atoms with E-state index in [9.17, 15) is 4.79 Å². The van der Waals surface area contributed by atoms with Crippen LogP contribution in [0.15, 0.2) is 18.2 Å². The highest BCUT2D eigenvalue weighted by Crippen LogP contribution is 2.29. The van der Waals surface area contributed by atoms with E-state index >= 15 is 0 Å². The lowest BCUT2D eigenvalue weighted by Gasteiger charge is -2.09. The van der Waals surface area contributed by atoms with Gasteiger partial charge < -0.3 is 14.2 Å². The predicted molar refractivity (Wildman–Crippen MR) is 55.0 cm³/mol. The minimum atomic E-state index is -0.637. The minimum Gasteiger partial charge on any atom is -0.493 e. The molecule has 1 aromatic rings.